The Labute approximate surface area is 148 Å². The van der Waals surface area contributed by atoms with Crippen molar-refractivity contribution in [1.29, 1.82) is 0 Å². The molecule has 1 aliphatic heterocycles. The van der Waals surface area contributed by atoms with Gasteiger partial charge in [0.05, 0.1) is 13.2 Å². The van der Waals surface area contributed by atoms with Crippen LogP contribution in [0.4, 0.5) is 0 Å². The first-order valence-electron chi connectivity index (χ1n) is 9.16. The third-order valence-corrected chi connectivity index (χ3v) is 5.21. The maximum atomic E-state index is 12.5. The summed E-state index contributed by atoms with van der Waals surface area (Å²) in [6, 6.07) is 0. The SMILES string of the molecule is Cc1c(C(=O)NCCCC(C)(C)C2OCCO2)[nH]c2c1C(=O)CCC2. The van der Waals surface area contributed by atoms with E-state index >= 15 is 0 Å². The number of carbonyl (C=O) groups excluding carboxylic acids is 2. The van der Waals surface area contributed by atoms with Crippen LogP contribution in [-0.2, 0) is 15.9 Å². The lowest BCUT2D eigenvalue weighted by Gasteiger charge is -2.29. The van der Waals surface area contributed by atoms with Crippen LogP contribution in [0.1, 0.15) is 71.6 Å². The van der Waals surface area contributed by atoms with E-state index in [4.69, 9.17) is 9.47 Å². The molecule has 6 heteroatoms. The highest BCUT2D eigenvalue weighted by Crippen LogP contribution is 2.32. The van der Waals surface area contributed by atoms with Gasteiger partial charge in [0.2, 0.25) is 0 Å². The number of ether oxygens (including phenoxy) is 2. The Hall–Kier alpha value is -1.66. The van der Waals surface area contributed by atoms with E-state index in [0.717, 1.165) is 42.5 Å². The zero-order valence-corrected chi connectivity index (χ0v) is 15.4. The number of amides is 1. The second-order valence-corrected chi connectivity index (χ2v) is 7.68. The van der Waals surface area contributed by atoms with Crippen LogP contribution in [0, 0.1) is 12.3 Å². The van der Waals surface area contributed by atoms with Crippen molar-refractivity contribution in [1.82, 2.24) is 10.3 Å². The Morgan fingerprint density at radius 2 is 2.00 bits per heavy atom. The van der Waals surface area contributed by atoms with Crippen molar-refractivity contribution in [2.75, 3.05) is 19.8 Å². The van der Waals surface area contributed by atoms with Gasteiger partial charge in [0.25, 0.3) is 5.91 Å². The van der Waals surface area contributed by atoms with Crippen molar-refractivity contribution in [3.63, 3.8) is 0 Å². The number of H-pyrrole nitrogens is 1. The molecule has 138 valence electrons. The second-order valence-electron chi connectivity index (χ2n) is 7.68. The predicted molar refractivity (Wildman–Crippen MR) is 93.8 cm³/mol. The number of hydrogen-bond acceptors (Lipinski definition) is 4. The van der Waals surface area contributed by atoms with Crippen LogP contribution in [0.15, 0.2) is 0 Å². The van der Waals surface area contributed by atoms with Gasteiger partial charge in [-0.05, 0) is 38.2 Å². The fourth-order valence-corrected chi connectivity index (χ4v) is 3.76. The van der Waals surface area contributed by atoms with Crippen LogP contribution in [-0.4, -0.2) is 42.7 Å². The average Bonchev–Trinajstić information content (AvgIpc) is 3.21. The minimum atomic E-state index is -0.161. The van der Waals surface area contributed by atoms with E-state index in [-0.39, 0.29) is 23.4 Å². The van der Waals surface area contributed by atoms with Crippen molar-refractivity contribution >= 4 is 11.7 Å². The largest absolute Gasteiger partial charge is 0.354 e. The number of carbonyl (C=O) groups is 2. The van der Waals surface area contributed by atoms with Crippen molar-refractivity contribution in [3.8, 4) is 0 Å². The number of aromatic amines is 1. The zero-order chi connectivity index (χ0) is 18.0. The summed E-state index contributed by atoms with van der Waals surface area (Å²) in [6.45, 7) is 8.00. The molecule has 1 fully saturated rings. The Bertz CT molecular complexity index is 657. The van der Waals surface area contributed by atoms with Gasteiger partial charge < -0.3 is 19.8 Å². The molecule has 2 N–H and O–H groups in total. The third-order valence-electron chi connectivity index (χ3n) is 5.21. The summed E-state index contributed by atoms with van der Waals surface area (Å²) < 4.78 is 11.2. The topological polar surface area (TPSA) is 80.4 Å². The molecule has 2 aliphatic rings. The van der Waals surface area contributed by atoms with Gasteiger partial charge >= 0.3 is 0 Å². The molecule has 3 rings (SSSR count). The Morgan fingerprint density at radius 1 is 1.28 bits per heavy atom. The van der Waals surface area contributed by atoms with Crippen molar-refractivity contribution in [2.24, 2.45) is 5.41 Å². The first-order chi connectivity index (χ1) is 11.9. The highest BCUT2D eigenvalue weighted by atomic mass is 16.7. The fourth-order valence-electron chi connectivity index (χ4n) is 3.76. The molecule has 0 saturated carbocycles. The summed E-state index contributed by atoms with van der Waals surface area (Å²) in [5.41, 5.74) is 2.88. The van der Waals surface area contributed by atoms with E-state index < -0.39 is 0 Å². The highest BCUT2D eigenvalue weighted by molar-refractivity contribution is 6.04. The molecular weight excluding hydrogens is 320 g/mol. The molecule has 1 aromatic rings. The second kappa shape index (κ2) is 7.30. The third kappa shape index (κ3) is 3.80. The molecule has 1 aromatic heterocycles. The van der Waals surface area contributed by atoms with E-state index in [1.54, 1.807) is 0 Å². The minimum Gasteiger partial charge on any atom is -0.354 e. The molecule has 25 heavy (non-hydrogen) atoms. The lowest BCUT2D eigenvalue weighted by molar-refractivity contribution is -0.122. The number of nitrogens with one attached hydrogen (secondary N) is 2. The van der Waals surface area contributed by atoms with Gasteiger partial charge in [-0.3, -0.25) is 9.59 Å². The number of aromatic nitrogens is 1. The van der Waals surface area contributed by atoms with Crippen LogP contribution in [0.25, 0.3) is 0 Å². The number of hydrogen-bond donors (Lipinski definition) is 2. The summed E-state index contributed by atoms with van der Waals surface area (Å²) in [5, 5.41) is 2.96. The van der Waals surface area contributed by atoms with Crippen LogP contribution < -0.4 is 5.32 Å². The Kier molecular flexibility index (Phi) is 5.29. The Balaban J connectivity index is 1.52. The number of Topliss-reactive ketones (excluding diaryl/α,β-unsaturated/α-hetero) is 1. The fraction of sp³-hybridized carbons (Fsp3) is 0.684. The maximum Gasteiger partial charge on any atom is 0.268 e. The van der Waals surface area contributed by atoms with Crippen LogP contribution in [0.2, 0.25) is 0 Å². The minimum absolute atomic E-state index is 0.0743. The first-order valence-corrected chi connectivity index (χ1v) is 9.16. The van der Waals surface area contributed by atoms with Gasteiger partial charge in [-0.1, -0.05) is 13.8 Å². The van der Waals surface area contributed by atoms with Gasteiger partial charge in [0.15, 0.2) is 12.1 Å². The summed E-state index contributed by atoms with van der Waals surface area (Å²) in [6.07, 6.45) is 3.86. The van der Waals surface area contributed by atoms with Crippen LogP contribution >= 0.6 is 0 Å². The standard InChI is InChI=1S/C19H28N2O4/c1-12-15-13(6-4-7-14(15)22)21-16(12)17(23)20-9-5-8-19(2,3)18-24-10-11-25-18/h18,21H,4-11H2,1-3H3,(H,20,23). The summed E-state index contributed by atoms with van der Waals surface area (Å²) in [4.78, 5) is 27.7. The molecular formula is C19H28N2O4. The van der Waals surface area contributed by atoms with Crippen molar-refractivity contribution < 1.29 is 19.1 Å². The number of fused-ring (bicyclic) bond motifs is 1. The summed E-state index contributed by atoms with van der Waals surface area (Å²) >= 11 is 0. The van der Waals surface area contributed by atoms with E-state index in [1.165, 1.54) is 0 Å². The summed E-state index contributed by atoms with van der Waals surface area (Å²) in [7, 11) is 0. The molecule has 0 radical (unpaired) electrons. The van der Waals surface area contributed by atoms with E-state index in [2.05, 4.69) is 24.1 Å². The average molecular weight is 348 g/mol. The molecule has 0 atom stereocenters. The van der Waals surface area contributed by atoms with E-state index in [1.807, 2.05) is 6.92 Å². The molecule has 6 nitrogen and oxygen atoms in total. The molecule has 1 aliphatic carbocycles. The lowest BCUT2D eigenvalue weighted by atomic mass is 9.87. The van der Waals surface area contributed by atoms with Gasteiger partial charge in [-0.25, -0.2) is 0 Å². The smallest absolute Gasteiger partial charge is 0.268 e. The van der Waals surface area contributed by atoms with Crippen molar-refractivity contribution in [2.45, 2.75) is 59.2 Å². The van der Waals surface area contributed by atoms with Gasteiger partial charge in [-0.2, -0.15) is 0 Å². The predicted octanol–water partition coefficient (Wildman–Crippen LogP) is 2.75. The van der Waals surface area contributed by atoms with E-state index in [9.17, 15) is 9.59 Å². The lowest BCUT2D eigenvalue weighted by Crippen LogP contribution is -2.32. The molecule has 0 bridgehead atoms. The monoisotopic (exact) mass is 348 g/mol. The number of aryl methyl sites for hydroxylation is 1. The first kappa shape index (κ1) is 18.1. The van der Waals surface area contributed by atoms with Gasteiger partial charge in [0.1, 0.15) is 5.69 Å². The number of rotatable bonds is 6. The van der Waals surface area contributed by atoms with Crippen molar-refractivity contribution in [3.05, 3.63) is 22.5 Å². The molecule has 2 heterocycles. The molecule has 0 aromatic carbocycles. The van der Waals surface area contributed by atoms with Crippen LogP contribution in [0.5, 0.6) is 0 Å². The van der Waals surface area contributed by atoms with Crippen LogP contribution in [0.3, 0.4) is 0 Å². The summed E-state index contributed by atoms with van der Waals surface area (Å²) in [5.74, 6) is 0.0123. The van der Waals surface area contributed by atoms with Gasteiger partial charge in [0, 0.05) is 29.6 Å². The quantitative estimate of drug-likeness (QED) is 0.775. The highest BCUT2D eigenvalue weighted by Gasteiger charge is 2.33. The zero-order valence-electron chi connectivity index (χ0n) is 15.4. The molecule has 1 amide bonds. The molecule has 0 unspecified atom stereocenters. The normalized spacial score (nSPS) is 18.4. The number of ketones is 1. The maximum absolute atomic E-state index is 12.5. The van der Waals surface area contributed by atoms with E-state index in [0.29, 0.717) is 31.9 Å². The van der Waals surface area contributed by atoms with Gasteiger partial charge in [-0.15, -0.1) is 0 Å². The molecule has 1 saturated heterocycles. The molecule has 0 spiro atoms. The Morgan fingerprint density at radius 3 is 2.68 bits per heavy atom.